The monoisotopic (exact) mass is 236 g/mol. The lowest BCUT2D eigenvalue weighted by atomic mass is 9.72. The van der Waals surface area contributed by atoms with Gasteiger partial charge in [0.25, 0.3) is 0 Å². The summed E-state index contributed by atoms with van der Waals surface area (Å²) >= 11 is 0. The summed E-state index contributed by atoms with van der Waals surface area (Å²) in [7, 11) is 0. The topological polar surface area (TPSA) is 46.3 Å². The van der Waals surface area contributed by atoms with Crippen LogP contribution in [0.2, 0.25) is 0 Å². The molecule has 17 heavy (non-hydrogen) atoms. The van der Waals surface area contributed by atoms with Crippen LogP contribution in [0.3, 0.4) is 0 Å². The maximum Gasteiger partial charge on any atom is 0.242 e. The zero-order valence-corrected chi connectivity index (χ0v) is 10.8. The lowest BCUT2D eigenvalue weighted by Gasteiger charge is -2.48. The zero-order chi connectivity index (χ0) is 12.0. The third-order valence-electron chi connectivity index (χ3n) is 5.21. The molecule has 3 unspecified atom stereocenters. The number of hydrogen-bond donors (Lipinski definition) is 1. The molecule has 0 spiro atoms. The van der Waals surface area contributed by atoms with Crippen molar-refractivity contribution in [1.29, 1.82) is 0 Å². The van der Waals surface area contributed by atoms with Gasteiger partial charge in [-0.05, 0) is 43.9 Å². The van der Waals surface area contributed by atoms with Crippen LogP contribution in [0.4, 0.5) is 0 Å². The molecule has 1 amide bonds. The van der Waals surface area contributed by atoms with Gasteiger partial charge >= 0.3 is 0 Å². The van der Waals surface area contributed by atoms with Gasteiger partial charge in [0.2, 0.25) is 5.91 Å². The summed E-state index contributed by atoms with van der Waals surface area (Å²) < 4.78 is 0. The third-order valence-corrected chi connectivity index (χ3v) is 5.21. The van der Waals surface area contributed by atoms with Crippen molar-refractivity contribution in [3.63, 3.8) is 0 Å². The van der Waals surface area contributed by atoms with Gasteiger partial charge in [-0.1, -0.05) is 19.8 Å². The highest BCUT2D eigenvalue weighted by atomic mass is 16.2. The molecule has 0 radical (unpaired) electrons. The highest BCUT2D eigenvalue weighted by Gasteiger charge is 2.51. The Bertz CT molecular complexity index is 324. The van der Waals surface area contributed by atoms with E-state index in [0.717, 1.165) is 31.2 Å². The van der Waals surface area contributed by atoms with Gasteiger partial charge in [-0.3, -0.25) is 4.79 Å². The van der Waals surface area contributed by atoms with Crippen molar-refractivity contribution >= 4 is 5.91 Å². The van der Waals surface area contributed by atoms with Gasteiger partial charge in [0.1, 0.15) is 0 Å². The Morgan fingerprint density at radius 2 is 1.94 bits per heavy atom. The van der Waals surface area contributed by atoms with E-state index in [1.807, 2.05) is 0 Å². The Balaban J connectivity index is 1.77. The Hall–Kier alpha value is -0.570. The first-order valence-electron chi connectivity index (χ1n) is 7.22. The standard InChI is InChI=1S/C14H24N2O/c1-10-6-9-16(13(17)14(15)7-8-14)12-5-3-2-4-11(10)12/h10-12H,2-9,15H2,1H3. The van der Waals surface area contributed by atoms with Crippen molar-refractivity contribution < 1.29 is 4.79 Å². The molecule has 3 heteroatoms. The number of nitrogens with two attached hydrogens (primary N) is 1. The molecule has 1 aliphatic heterocycles. The number of carbonyl (C=O) groups excluding carboxylic acids is 1. The van der Waals surface area contributed by atoms with E-state index in [0.29, 0.717) is 6.04 Å². The Kier molecular flexibility index (Phi) is 2.69. The van der Waals surface area contributed by atoms with E-state index >= 15 is 0 Å². The summed E-state index contributed by atoms with van der Waals surface area (Å²) in [6.07, 6.45) is 8.12. The lowest BCUT2D eigenvalue weighted by molar-refractivity contribution is -0.141. The fourth-order valence-corrected chi connectivity index (χ4v) is 3.80. The van der Waals surface area contributed by atoms with E-state index in [1.54, 1.807) is 0 Å². The highest BCUT2D eigenvalue weighted by molar-refractivity contribution is 5.89. The predicted octanol–water partition coefficient (Wildman–Crippen LogP) is 1.90. The van der Waals surface area contributed by atoms with E-state index in [2.05, 4.69) is 11.8 Å². The second-order valence-electron chi connectivity index (χ2n) is 6.44. The number of amides is 1. The SMILES string of the molecule is CC1CCN(C(=O)C2(N)CC2)C2CCCCC12. The fraction of sp³-hybridized carbons (Fsp3) is 0.929. The molecule has 3 fully saturated rings. The second-order valence-corrected chi connectivity index (χ2v) is 6.44. The quantitative estimate of drug-likeness (QED) is 0.756. The molecule has 3 aliphatic rings. The predicted molar refractivity (Wildman–Crippen MR) is 67.4 cm³/mol. The number of likely N-dealkylation sites (tertiary alicyclic amines) is 1. The van der Waals surface area contributed by atoms with Crippen molar-refractivity contribution in [3.05, 3.63) is 0 Å². The minimum absolute atomic E-state index is 0.251. The molecule has 96 valence electrons. The molecule has 1 heterocycles. The molecular formula is C14H24N2O. The summed E-state index contributed by atoms with van der Waals surface area (Å²) in [6, 6.07) is 0.501. The van der Waals surface area contributed by atoms with E-state index in [4.69, 9.17) is 5.73 Å². The summed E-state index contributed by atoms with van der Waals surface area (Å²) in [5.41, 5.74) is 5.62. The van der Waals surface area contributed by atoms with Gasteiger partial charge in [-0.15, -0.1) is 0 Å². The molecular weight excluding hydrogens is 212 g/mol. The Morgan fingerprint density at radius 1 is 1.24 bits per heavy atom. The molecule has 3 nitrogen and oxygen atoms in total. The summed E-state index contributed by atoms with van der Waals surface area (Å²) in [6.45, 7) is 3.31. The first kappa shape index (κ1) is 11.5. The zero-order valence-electron chi connectivity index (χ0n) is 10.8. The van der Waals surface area contributed by atoms with Gasteiger partial charge in [0.05, 0.1) is 5.54 Å². The Labute approximate surface area is 104 Å². The molecule has 1 saturated heterocycles. The van der Waals surface area contributed by atoms with E-state index < -0.39 is 5.54 Å². The first-order valence-corrected chi connectivity index (χ1v) is 7.22. The maximum absolute atomic E-state index is 12.4. The van der Waals surface area contributed by atoms with Crippen LogP contribution in [0.15, 0.2) is 0 Å². The van der Waals surface area contributed by atoms with Crippen LogP contribution < -0.4 is 5.73 Å². The lowest BCUT2D eigenvalue weighted by Crippen LogP contribution is -2.57. The number of carbonyl (C=O) groups is 1. The van der Waals surface area contributed by atoms with Gasteiger partial charge in [-0.25, -0.2) is 0 Å². The van der Waals surface area contributed by atoms with Crippen molar-refractivity contribution in [2.75, 3.05) is 6.54 Å². The number of nitrogens with zero attached hydrogens (tertiary/aromatic N) is 1. The van der Waals surface area contributed by atoms with Gasteiger partial charge in [0, 0.05) is 12.6 Å². The number of fused-ring (bicyclic) bond motifs is 1. The van der Waals surface area contributed by atoms with E-state index in [1.165, 1.54) is 32.1 Å². The minimum atomic E-state index is -0.470. The molecule has 0 aromatic heterocycles. The minimum Gasteiger partial charge on any atom is -0.338 e. The average Bonchev–Trinajstić information content (AvgIpc) is 3.09. The second kappa shape index (κ2) is 3.98. The molecule has 2 N–H and O–H groups in total. The number of piperidine rings is 1. The average molecular weight is 236 g/mol. The molecule has 2 aliphatic carbocycles. The van der Waals surface area contributed by atoms with Crippen molar-refractivity contribution in [2.45, 2.75) is 63.5 Å². The first-order chi connectivity index (χ1) is 8.12. The van der Waals surface area contributed by atoms with Crippen LogP contribution in [0.25, 0.3) is 0 Å². The number of hydrogen-bond acceptors (Lipinski definition) is 2. The largest absolute Gasteiger partial charge is 0.338 e. The van der Waals surface area contributed by atoms with Crippen LogP contribution in [-0.2, 0) is 4.79 Å². The van der Waals surface area contributed by atoms with Crippen molar-refractivity contribution in [1.82, 2.24) is 4.90 Å². The summed E-state index contributed by atoms with van der Waals surface area (Å²) in [4.78, 5) is 14.6. The summed E-state index contributed by atoms with van der Waals surface area (Å²) in [5.74, 6) is 1.78. The van der Waals surface area contributed by atoms with Crippen LogP contribution in [0.5, 0.6) is 0 Å². The molecule has 3 atom stereocenters. The van der Waals surface area contributed by atoms with Gasteiger partial charge in [0.15, 0.2) is 0 Å². The van der Waals surface area contributed by atoms with Gasteiger partial charge in [-0.2, -0.15) is 0 Å². The summed E-state index contributed by atoms with van der Waals surface area (Å²) in [5, 5.41) is 0. The van der Waals surface area contributed by atoms with E-state index in [-0.39, 0.29) is 5.91 Å². The highest BCUT2D eigenvalue weighted by Crippen LogP contribution is 2.42. The van der Waals surface area contributed by atoms with Crippen LogP contribution in [0, 0.1) is 11.8 Å². The van der Waals surface area contributed by atoms with Gasteiger partial charge < -0.3 is 10.6 Å². The van der Waals surface area contributed by atoms with Crippen LogP contribution >= 0.6 is 0 Å². The van der Waals surface area contributed by atoms with Crippen LogP contribution in [-0.4, -0.2) is 28.9 Å². The molecule has 0 aromatic carbocycles. The van der Waals surface area contributed by atoms with E-state index in [9.17, 15) is 4.79 Å². The fourth-order valence-electron chi connectivity index (χ4n) is 3.80. The number of rotatable bonds is 1. The van der Waals surface area contributed by atoms with Crippen molar-refractivity contribution in [2.24, 2.45) is 17.6 Å². The molecule has 2 saturated carbocycles. The normalized spacial score (nSPS) is 39.6. The molecule has 3 rings (SSSR count). The Morgan fingerprint density at radius 3 is 2.65 bits per heavy atom. The molecule has 0 aromatic rings. The smallest absolute Gasteiger partial charge is 0.242 e. The third kappa shape index (κ3) is 1.88. The van der Waals surface area contributed by atoms with Crippen molar-refractivity contribution in [3.8, 4) is 0 Å². The maximum atomic E-state index is 12.4. The molecule has 0 bridgehead atoms. The van der Waals surface area contributed by atoms with Crippen LogP contribution in [0.1, 0.15) is 51.9 Å².